The third-order valence-electron chi connectivity index (χ3n) is 16.0. The lowest BCUT2D eigenvalue weighted by atomic mass is 9.91. The number of carbonyl (C=O) groups excluding carboxylic acids is 2. The maximum atomic E-state index is 13.9. The first-order valence-corrected chi connectivity index (χ1v) is 34.0. The molecule has 76 heavy (non-hydrogen) atoms. The normalized spacial score (nSPS) is 16.8. The van der Waals surface area contributed by atoms with Gasteiger partial charge in [0.15, 0.2) is 0 Å². The van der Waals surface area contributed by atoms with E-state index in [9.17, 15) is 14.2 Å². The Morgan fingerprint density at radius 3 is 1.01 bits per heavy atom. The molecule has 11 heteroatoms. The molecule has 1 heterocycles. The second kappa shape index (κ2) is 47.6. The van der Waals surface area contributed by atoms with Crippen LogP contribution in [0.2, 0.25) is 0 Å². The van der Waals surface area contributed by atoms with E-state index < -0.39 is 7.82 Å². The average Bonchev–Trinajstić information content (AvgIpc) is 3.36. The van der Waals surface area contributed by atoms with E-state index in [-0.39, 0.29) is 24.1 Å². The van der Waals surface area contributed by atoms with Gasteiger partial charge in [0.05, 0.1) is 33.0 Å². The quantitative estimate of drug-likeness (QED) is 0.0332. The Morgan fingerprint density at radius 1 is 0.382 bits per heavy atom. The number of carbonyl (C=O) groups is 2. The molecule has 0 amide bonds. The second-order valence-electron chi connectivity index (χ2n) is 26.0. The van der Waals surface area contributed by atoms with Crippen molar-refractivity contribution in [2.45, 2.75) is 307 Å². The molecule has 0 spiro atoms. The molecule has 0 aromatic rings. The van der Waals surface area contributed by atoms with E-state index in [1.54, 1.807) is 0 Å². The van der Waals surface area contributed by atoms with Gasteiger partial charge in [-0.3, -0.25) is 28.1 Å². The summed E-state index contributed by atoms with van der Waals surface area (Å²) in [6, 6.07) is 0. The fourth-order valence-corrected chi connectivity index (χ4v) is 11.8. The number of hydrogen-bond acceptors (Lipinski definition) is 10. The molecule has 0 bridgehead atoms. The largest absolute Gasteiger partial charge is 0.474 e. The van der Waals surface area contributed by atoms with Crippen molar-refractivity contribution in [1.29, 1.82) is 0 Å². The van der Waals surface area contributed by atoms with Crippen molar-refractivity contribution in [1.82, 2.24) is 4.90 Å². The van der Waals surface area contributed by atoms with E-state index >= 15 is 0 Å². The summed E-state index contributed by atoms with van der Waals surface area (Å²) in [5.74, 6) is 5.54. The highest BCUT2D eigenvalue weighted by Gasteiger charge is 2.27. The van der Waals surface area contributed by atoms with Gasteiger partial charge in [-0.2, -0.15) is 0 Å². The first-order chi connectivity index (χ1) is 36.3. The fraction of sp³-hybridized carbons (Fsp3) is 0.969. The van der Waals surface area contributed by atoms with E-state index in [1.165, 1.54) is 77.0 Å². The third kappa shape index (κ3) is 45.7. The Hall–Kier alpha value is -1.03. The van der Waals surface area contributed by atoms with Crippen molar-refractivity contribution in [2.75, 3.05) is 52.7 Å². The molecule has 452 valence electrons. The van der Waals surface area contributed by atoms with E-state index in [4.69, 9.17) is 27.8 Å². The van der Waals surface area contributed by atoms with Gasteiger partial charge < -0.3 is 14.2 Å². The summed E-state index contributed by atoms with van der Waals surface area (Å²) in [6.07, 6.45) is 34.1. The molecule has 0 saturated carbocycles. The minimum atomic E-state index is -3.72. The zero-order valence-corrected chi connectivity index (χ0v) is 53.2. The summed E-state index contributed by atoms with van der Waals surface area (Å²) in [7, 11) is -3.72. The predicted octanol–water partition coefficient (Wildman–Crippen LogP) is 19.3. The molecule has 1 aliphatic rings. The topological polar surface area (TPSA) is 110 Å². The van der Waals surface area contributed by atoms with Gasteiger partial charge in [0.25, 0.3) is 0 Å². The minimum absolute atomic E-state index is 0.0195. The van der Waals surface area contributed by atoms with Crippen LogP contribution in [0.3, 0.4) is 0 Å². The molecule has 0 aromatic carbocycles. The Morgan fingerprint density at radius 2 is 0.684 bits per heavy atom. The Balaban J connectivity index is 2.55. The zero-order chi connectivity index (χ0) is 56.2. The number of nitrogens with zero attached hydrogens (tertiary/aromatic N) is 1. The molecule has 4 unspecified atom stereocenters. The zero-order valence-electron chi connectivity index (χ0n) is 52.3. The fourth-order valence-electron chi connectivity index (χ4n) is 10.5. The summed E-state index contributed by atoms with van der Waals surface area (Å²) < 4.78 is 49.5. The molecular weight excluding hydrogens is 970 g/mol. The highest BCUT2D eigenvalue weighted by molar-refractivity contribution is 7.48. The first kappa shape index (κ1) is 73.0. The number of phosphoric acid groups is 1. The predicted molar refractivity (Wildman–Crippen MR) is 321 cm³/mol. The van der Waals surface area contributed by atoms with Gasteiger partial charge in [-0.1, -0.05) is 199 Å². The van der Waals surface area contributed by atoms with Gasteiger partial charge in [-0.25, -0.2) is 4.57 Å². The number of morpholine rings is 1. The van der Waals surface area contributed by atoms with E-state index in [2.05, 4.69) is 88.0 Å². The molecule has 0 aromatic heterocycles. The maximum Gasteiger partial charge on any atom is 0.474 e. The van der Waals surface area contributed by atoms with Crippen molar-refractivity contribution in [3.05, 3.63) is 0 Å². The number of ether oxygens (including phenoxy) is 3. The highest BCUT2D eigenvalue weighted by atomic mass is 31.2. The van der Waals surface area contributed by atoms with Crippen LogP contribution in [0.4, 0.5) is 0 Å². The number of phosphoric ester groups is 1. The third-order valence-corrected chi connectivity index (χ3v) is 17.5. The maximum absolute atomic E-state index is 13.9. The van der Waals surface area contributed by atoms with Crippen LogP contribution in [0, 0.1) is 47.3 Å². The van der Waals surface area contributed by atoms with Gasteiger partial charge in [0.2, 0.25) is 0 Å². The molecule has 1 rings (SSSR count). The molecule has 0 radical (unpaired) electrons. The Bertz CT molecular complexity index is 1250. The molecular formula is C65H128NO9P. The van der Waals surface area contributed by atoms with Crippen molar-refractivity contribution in [2.24, 2.45) is 47.3 Å². The highest BCUT2D eigenvalue weighted by Crippen LogP contribution is 2.50. The monoisotopic (exact) mass is 1100 g/mol. The number of unbranched alkanes of at least 4 members (excludes halogenated alkanes) is 8. The summed E-state index contributed by atoms with van der Waals surface area (Å²) in [4.78, 5) is 28.6. The van der Waals surface area contributed by atoms with E-state index in [1.807, 2.05) is 0 Å². The second-order valence-corrected chi connectivity index (χ2v) is 27.7. The van der Waals surface area contributed by atoms with Crippen LogP contribution in [0.25, 0.3) is 0 Å². The van der Waals surface area contributed by atoms with E-state index in [0.29, 0.717) is 56.3 Å². The van der Waals surface area contributed by atoms with Crippen LogP contribution < -0.4 is 0 Å². The Labute approximate surface area is 471 Å². The first-order valence-electron chi connectivity index (χ1n) is 32.6. The van der Waals surface area contributed by atoms with Crippen LogP contribution in [0.5, 0.6) is 0 Å². The van der Waals surface area contributed by atoms with Crippen LogP contribution in [-0.4, -0.2) is 81.7 Å². The SMILES string of the molecule is CC(C)CCCC(C)CCC(CCC(C)CCCC(C)C)OC(=O)CCCCCCCOP(=O)(OCCCCCCCC(=O)OC(CCC(C)CCCC(C)C)CCC(C)CCCC(C)C)OCCCN1CCOCC1. The molecule has 1 aliphatic heterocycles. The van der Waals surface area contributed by atoms with Crippen molar-refractivity contribution in [3.63, 3.8) is 0 Å². The molecule has 0 aliphatic carbocycles. The van der Waals surface area contributed by atoms with Crippen LogP contribution >= 0.6 is 7.82 Å². The van der Waals surface area contributed by atoms with Crippen molar-refractivity contribution in [3.8, 4) is 0 Å². The lowest BCUT2D eigenvalue weighted by molar-refractivity contribution is -0.151. The van der Waals surface area contributed by atoms with Gasteiger partial charge in [-0.15, -0.1) is 0 Å². The molecule has 1 fully saturated rings. The molecule has 1 saturated heterocycles. The summed E-state index contributed by atoms with van der Waals surface area (Å²) in [5, 5.41) is 0. The average molecular weight is 1100 g/mol. The molecule has 10 nitrogen and oxygen atoms in total. The summed E-state index contributed by atoms with van der Waals surface area (Å²) in [5.41, 5.74) is 0. The minimum Gasteiger partial charge on any atom is -0.462 e. The van der Waals surface area contributed by atoms with Gasteiger partial charge in [0, 0.05) is 32.5 Å². The lowest BCUT2D eigenvalue weighted by Gasteiger charge is -2.26. The number of rotatable bonds is 53. The number of esters is 2. The van der Waals surface area contributed by atoms with Gasteiger partial charge in [-0.05, 0) is 131 Å². The Kier molecular flexibility index (Phi) is 45.7. The summed E-state index contributed by atoms with van der Waals surface area (Å²) in [6.45, 7) is 32.9. The molecule has 0 N–H and O–H groups in total. The van der Waals surface area contributed by atoms with Gasteiger partial charge >= 0.3 is 19.8 Å². The van der Waals surface area contributed by atoms with Crippen LogP contribution in [-0.2, 0) is 41.9 Å². The van der Waals surface area contributed by atoms with Crippen LogP contribution in [0.15, 0.2) is 0 Å². The molecule has 4 atom stereocenters. The standard InChI is InChI=1S/C65H128NO9P/c1-54(2)28-23-32-58(9)38-42-62(43-39-59(10)33-24-29-55(3)4)74-64(67)36-19-15-13-17-21-49-71-76(69,73-51-27-46-66-47-52-70-53-48-66)72-50-22-18-14-16-20-37-65(68)75-63(44-40-60(11)34-25-30-56(5)6)45-41-61(12)35-26-31-57(7)8/h54-63H,13-53H2,1-12H3. The smallest absolute Gasteiger partial charge is 0.462 e. The van der Waals surface area contributed by atoms with Crippen molar-refractivity contribution >= 4 is 19.8 Å². The summed E-state index contributed by atoms with van der Waals surface area (Å²) >= 11 is 0. The van der Waals surface area contributed by atoms with E-state index in [0.717, 1.165) is 179 Å². The van der Waals surface area contributed by atoms with Gasteiger partial charge in [0.1, 0.15) is 12.2 Å². The lowest BCUT2D eigenvalue weighted by Crippen LogP contribution is -2.37. The van der Waals surface area contributed by atoms with Crippen molar-refractivity contribution < 1.29 is 41.9 Å². The van der Waals surface area contributed by atoms with Crippen LogP contribution in [0.1, 0.15) is 295 Å². The number of hydrogen-bond donors (Lipinski definition) is 0.